The van der Waals surface area contributed by atoms with Crippen LogP contribution in [0, 0.1) is 0 Å². The van der Waals surface area contributed by atoms with Crippen molar-refractivity contribution in [3.8, 4) is 17.2 Å². The largest absolute Gasteiger partial charge is 0.497 e. The van der Waals surface area contributed by atoms with Gasteiger partial charge < -0.3 is 14.8 Å². The molecule has 0 aliphatic carbocycles. The highest BCUT2D eigenvalue weighted by Gasteiger charge is 2.17. The van der Waals surface area contributed by atoms with Gasteiger partial charge >= 0.3 is 0 Å². The number of ether oxygens (including phenoxy) is 2. The standard InChI is InChI=1S/C15H21N5O3S/c1-15(2,3)16-13(21)9-24-14-17-18-19-20(14)10-6-11(22-4)8-12(7-10)23-5/h6-8H,9H2,1-5H3,(H,16,21). The molecule has 0 spiro atoms. The lowest BCUT2D eigenvalue weighted by atomic mass is 10.1. The van der Waals surface area contributed by atoms with Crippen LogP contribution in [0.4, 0.5) is 0 Å². The average molecular weight is 351 g/mol. The van der Waals surface area contributed by atoms with E-state index in [9.17, 15) is 4.79 Å². The van der Waals surface area contributed by atoms with E-state index >= 15 is 0 Å². The number of methoxy groups -OCH3 is 2. The molecule has 8 nitrogen and oxygen atoms in total. The van der Waals surface area contributed by atoms with Crippen LogP contribution in [0.2, 0.25) is 0 Å². The van der Waals surface area contributed by atoms with E-state index in [1.54, 1.807) is 37.1 Å². The summed E-state index contributed by atoms with van der Waals surface area (Å²) in [5.74, 6) is 1.39. The molecule has 130 valence electrons. The number of hydrogen-bond donors (Lipinski definition) is 1. The SMILES string of the molecule is COc1cc(OC)cc(-n2nnnc2SCC(=O)NC(C)(C)C)c1. The zero-order chi connectivity index (χ0) is 17.7. The fraction of sp³-hybridized carbons (Fsp3) is 0.467. The van der Waals surface area contributed by atoms with Crippen LogP contribution in [0.15, 0.2) is 23.4 Å². The van der Waals surface area contributed by atoms with Crippen LogP contribution in [0.1, 0.15) is 20.8 Å². The maximum absolute atomic E-state index is 12.0. The Morgan fingerprint density at radius 1 is 1.21 bits per heavy atom. The fourth-order valence-corrected chi connectivity index (χ4v) is 2.62. The monoisotopic (exact) mass is 351 g/mol. The number of aromatic nitrogens is 4. The first kappa shape index (κ1) is 18.1. The third kappa shape index (κ3) is 4.85. The third-order valence-corrected chi connectivity index (χ3v) is 3.79. The highest BCUT2D eigenvalue weighted by atomic mass is 32.2. The normalized spacial score (nSPS) is 11.2. The molecule has 0 fully saturated rings. The lowest BCUT2D eigenvalue weighted by Gasteiger charge is -2.20. The molecule has 9 heteroatoms. The Morgan fingerprint density at radius 3 is 2.38 bits per heavy atom. The first-order valence-corrected chi connectivity index (χ1v) is 8.26. The minimum Gasteiger partial charge on any atom is -0.497 e. The van der Waals surface area contributed by atoms with Gasteiger partial charge in [0.1, 0.15) is 11.5 Å². The second-order valence-electron chi connectivity index (χ2n) is 6.03. The molecule has 2 rings (SSSR count). The Balaban J connectivity index is 2.17. The summed E-state index contributed by atoms with van der Waals surface area (Å²) in [6.45, 7) is 5.80. The molecule has 1 amide bonds. The van der Waals surface area contributed by atoms with Gasteiger partial charge in [0.2, 0.25) is 11.1 Å². The van der Waals surface area contributed by atoms with Gasteiger partial charge in [0.05, 0.1) is 25.7 Å². The number of carbonyl (C=O) groups excluding carboxylic acids is 1. The van der Waals surface area contributed by atoms with Crippen LogP contribution in [0.25, 0.3) is 5.69 Å². The number of thioether (sulfide) groups is 1. The number of benzene rings is 1. The average Bonchev–Trinajstić information content (AvgIpc) is 2.99. The van der Waals surface area contributed by atoms with Crippen molar-refractivity contribution in [2.45, 2.75) is 31.5 Å². The van der Waals surface area contributed by atoms with Gasteiger partial charge in [-0.1, -0.05) is 11.8 Å². The Hall–Kier alpha value is -2.29. The van der Waals surface area contributed by atoms with Crippen LogP contribution < -0.4 is 14.8 Å². The molecule has 0 atom stereocenters. The molecule has 24 heavy (non-hydrogen) atoms. The number of amides is 1. The molecular formula is C15H21N5O3S. The van der Waals surface area contributed by atoms with Crippen molar-refractivity contribution in [1.82, 2.24) is 25.5 Å². The highest BCUT2D eigenvalue weighted by molar-refractivity contribution is 7.99. The molecule has 0 radical (unpaired) electrons. The van der Waals surface area contributed by atoms with E-state index in [2.05, 4.69) is 20.8 Å². The van der Waals surface area contributed by atoms with E-state index in [4.69, 9.17) is 9.47 Å². The van der Waals surface area contributed by atoms with Gasteiger partial charge in [0.15, 0.2) is 0 Å². The third-order valence-electron chi connectivity index (χ3n) is 2.87. The van der Waals surface area contributed by atoms with Crippen molar-refractivity contribution in [3.63, 3.8) is 0 Å². The second kappa shape index (κ2) is 7.52. The summed E-state index contributed by atoms with van der Waals surface area (Å²) in [6, 6.07) is 5.34. The summed E-state index contributed by atoms with van der Waals surface area (Å²) in [5, 5.41) is 15.1. The maximum atomic E-state index is 12.0. The van der Waals surface area contributed by atoms with Gasteiger partial charge in [0.25, 0.3) is 0 Å². The van der Waals surface area contributed by atoms with Gasteiger partial charge in [-0.3, -0.25) is 4.79 Å². The number of nitrogens with one attached hydrogen (secondary N) is 1. The van der Waals surface area contributed by atoms with E-state index in [1.807, 2.05) is 20.8 Å². The quantitative estimate of drug-likeness (QED) is 0.792. The maximum Gasteiger partial charge on any atom is 0.230 e. The minimum absolute atomic E-state index is 0.0785. The summed E-state index contributed by atoms with van der Waals surface area (Å²) in [4.78, 5) is 12.0. The van der Waals surface area contributed by atoms with Crippen molar-refractivity contribution in [1.29, 1.82) is 0 Å². The summed E-state index contributed by atoms with van der Waals surface area (Å²) < 4.78 is 12.1. The predicted molar refractivity (Wildman–Crippen MR) is 90.9 cm³/mol. The number of tetrazole rings is 1. The molecule has 0 bridgehead atoms. The fourth-order valence-electron chi connectivity index (χ4n) is 1.93. The Kier molecular flexibility index (Phi) is 5.66. The van der Waals surface area contributed by atoms with Gasteiger partial charge in [-0.2, -0.15) is 4.68 Å². The summed E-state index contributed by atoms with van der Waals surface area (Å²) in [7, 11) is 3.15. The Bertz CT molecular complexity index is 689. The van der Waals surface area contributed by atoms with Gasteiger partial charge in [-0.05, 0) is 31.2 Å². The van der Waals surface area contributed by atoms with E-state index in [1.165, 1.54) is 11.8 Å². The van der Waals surface area contributed by atoms with Crippen molar-refractivity contribution >= 4 is 17.7 Å². The van der Waals surface area contributed by atoms with Gasteiger partial charge in [0, 0.05) is 23.7 Å². The Morgan fingerprint density at radius 2 is 1.83 bits per heavy atom. The van der Waals surface area contributed by atoms with Crippen LogP contribution in [0.5, 0.6) is 11.5 Å². The number of rotatable bonds is 6. The number of carbonyl (C=O) groups is 1. The molecule has 0 aliphatic heterocycles. The van der Waals surface area contributed by atoms with Crippen molar-refractivity contribution in [3.05, 3.63) is 18.2 Å². The smallest absolute Gasteiger partial charge is 0.230 e. The summed E-state index contributed by atoms with van der Waals surface area (Å²) in [5.41, 5.74) is 0.416. The molecule has 1 heterocycles. The van der Waals surface area contributed by atoms with E-state index < -0.39 is 0 Å². The van der Waals surface area contributed by atoms with Crippen LogP contribution in [-0.2, 0) is 4.79 Å². The van der Waals surface area contributed by atoms with Crippen LogP contribution in [0.3, 0.4) is 0 Å². The molecular weight excluding hydrogens is 330 g/mol. The minimum atomic E-state index is -0.274. The van der Waals surface area contributed by atoms with E-state index in [0.717, 1.165) is 0 Å². The molecule has 0 saturated heterocycles. The summed E-state index contributed by atoms with van der Waals surface area (Å²) in [6.07, 6.45) is 0. The molecule has 0 aliphatic rings. The number of hydrogen-bond acceptors (Lipinski definition) is 7. The molecule has 0 unspecified atom stereocenters. The molecule has 1 aromatic heterocycles. The first-order valence-electron chi connectivity index (χ1n) is 7.28. The lowest BCUT2D eigenvalue weighted by Crippen LogP contribution is -2.41. The van der Waals surface area contributed by atoms with Crippen molar-refractivity contribution in [2.24, 2.45) is 0 Å². The molecule has 2 aromatic rings. The lowest BCUT2D eigenvalue weighted by molar-refractivity contribution is -0.119. The Labute approximate surface area is 144 Å². The highest BCUT2D eigenvalue weighted by Crippen LogP contribution is 2.26. The van der Waals surface area contributed by atoms with Crippen LogP contribution >= 0.6 is 11.8 Å². The van der Waals surface area contributed by atoms with Crippen LogP contribution in [-0.4, -0.2) is 51.6 Å². The first-order chi connectivity index (χ1) is 11.3. The predicted octanol–water partition coefficient (Wildman–Crippen LogP) is 1.69. The van der Waals surface area contributed by atoms with E-state index in [-0.39, 0.29) is 17.2 Å². The topological polar surface area (TPSA) is 91.2 Å². The van der Waals surface area contributed by atoms with Crippen molar-refractivity contribution < 1.29 is 14.3 Å². The van der Waals surface area contributed by atoms with Gasteiger partial charge in [-0.15, -0.1) is 5.10 Å². The zero-order valence-corrected chi connectivity index (χ0v) is 15.2. The van der Waals surface area contributed by atoms with E-state index in [0.29, 0.717) is 22.3 Å². The molecule has 1 N–H and O–H groups in total. The number of nitrogens with zero attached hydrogens (tertiary/aromatic N) is 4. The van der Waals surface area contributed by atoms with Crippen molar-refractivity contribution in [2.75, 3.05) is 20.0 Å². The zero-order valence-electron chi connectivity index (χ0n) is 14.4. The molecule has 0 saturated carbocycles. The van der Waals surface area contributed by atoms with Gasteiger partial charge in [-0.25, -0.2) is 0 Å². The second-order valence-corrected chi connectivity index (χ2v) is 6.97. The molecule has 1 aromatic carbocycles. The summed E-state index contributed by atoms with van der Waals surface area (Å²) >= 11 is 1.26.